The second kappa shape index (κ2) is 4.17. The number of benzene rings is 1. The van der Waals surface area contributed by atoms with E-state index < -0.39 is 0 Å². The number of hydrogen-bond acceptors (Lipinski definition) is 2. The van der Waals surface area contributed by atoms with Crippen LogP contribution in [-0.4, -0.2) is 11.2 Å². The van der Waals surface area contributed by atoms with E-state index in [9.17, 15) is 5.21 Å². The smallest absolute Gasteiger partial charge is 0.0825 e. The number of allylic oxidation sites excluding steroid dienone is 4. The lowest BCUT2D eigenvalue weighted by atomic mass is 9.83. The molecule has 0 aromatic heterocycles. The van der Waals surface area contributed by atoms with Gasteiger partial charge in [-0.15, -0.1) is 0 Å². The monoisotopic (exact) mass is 223 g/mol. The van der Waals surface area contributed by atoms with Gasteiger partial charge in [0.2, 0.25) is 0 Å². The molecule has 0 aliphatic heterocycles. The Morgan fingerprint density at radius 2 is 1.94 bits per heavy atom. The van der Waals surface area contributed by atoms with Gasteiger partial charge < -0.3 is 5.21 Å². The molecule has 2 N–H and O–H groups in total. The van der Waals surface area contributed by atoms with Crippen molar-refractivity contribution in [1.82, 2.24) is 5.48 Å². The number of nitrogens with one attached hydrogen (secondary N) is 1. The summed E-state index contributed by atoms with van der Waals surface area (Å²) >= 11 is 0. The lowest BCUT2D eigenvalue weighted by Gasteiger charge is -2.27. The summed E-state index contributed by atoms with van der Waals surface area (Å²) in [6.07, 6.45) is 12.1. The predicted molar refractivity (Wildman–Crippen MR) is 69.4 cm³/mol. The maximum atomic E-state index is 9.35. The molecule has 17 heavy (non-hydrogen) atoms. The Kier molecular flexibility index (Phi) is 2.52. The average molecular weight is 223 g/mol. The third-order valence-corrected chi connectivity index (χ3v) is 3.15. The highest BCUT2D eigenvalue weighted by atomic mass is 16.5. The van der Waals surface area contributed by atoms with Crippen molar-refractivity contribution in [3.63, 3.8) is 0 Å². The highest BCUT2D eigenvalue weighted by Crippen LogP contribution is 2.34. The van der Waals surface area contributed by atoms with Gasteiger partial charge in [-0.1, -0.05) is 54.6 Å². The van der Waals surface area contributed by atoms with Crippen LogP contribution in [-0.2, 0) is 0 Å². The Morgan fingerprint density at radius 1 is 1.06 bits per heavy atom. The Hall–Kier alpha value is -1.90. The van der Waals surface area contributed by atoms with Gasteiger partial charge in [-0.2, -0.15) is 5.48 Å². The largest absolute Gasteiger partial charge is 0.316 e. The summed E-state index contributed by atoms with van der Waals surface area (Å²) in [6, 6.07) is 8.08. The molecule has 3 rings (SSSR count). The van der Waals surface area contributed by atoms with E-state index in [0.717, 1.165) is 11.1 Å². The Labute approximate surface area is 100 Å². The van der Waals surface area contributed by atoms with Gasteiger partial charge >= 0.3 is 0 Å². The molecule has 2 heteroatoms. The van der Waals surface area contributed by atoms with Crippen molar-refractivity contribution in [3.05, 3.63) is 71.3 Å². The van der Waals surface area contributed by atoms with Gasteiger partial charge in [0.1, 0.15) is 0 Å². The lowest BCUT2D eigenvalue weighted by Crippen LogP contribution is -2.31. The number of rotatable bonds is 1. The Morgan fingerprint density at radius 3 is 2.82 bits per heavy atom. The molecule has 1 atom stereocenters. The summed E-state index contributed by atoms with van der Waals surface area (Å²) in [5, 5.41) is 9.35. The van der Waals surface area contributed by atoms with Gasteiger partial charge in [-0.3, -0.25) is 0 Å². The fourth-order valence-corrected chi connectivity index (χ4v) is 2.35. The molecule has 0 amide bonds. The van der Waals surface area contributed by atoms with E-state index in [2.05, 4.69) is 23.7 Å². The maximum absolute atomic E-state index is 9.35. The summed E-state index contributed by atoms with van der Waals surface area (Å²) < 4.78 is 0. The fourth-order valence-electron chi connectivity index (χ4n) is 2.35. The predicted octanol–water partition coefficient (Wildman–Crippen LogP) is 2.94. The standard InChI is InChI=1S/C15H13NO/c17-16-15-12-7-2-1-3-9-14(15)13-8-5-4-6-11(13)10-12/h1-10,15-17H/b2-1?,3-1-,7-2-,9-3?,12-7?,14-9?. The van der Waals surface area contributed by atoms with E-state index >= 15 is 0 Å². The molecule has 84 valence electrons. The topological polar surface area (TPSA) is 32.3 Å². The third-order valence-electron chi connectivity index (χ3n) is 3.15. The summed E-state index contributed by atoms with van der Waals surface area (Å²) in [4.78, 5) is 0. The van der Waals surface area contributed by atoms with Crippen LogP contribution in [0.2, 0.25) is 0 Å². The van der Waals surface area contributed by atoms with Crippen LogP contribution in [0.1, 0.15) is 11.1 Å². The van der Waals surface area contributed by atoms with Gasteiger partial charge in [0.25, 0.3) is 0 Å². The minimum absolute atomic E-state index is 0.147. The zero-order chi connectivity index (χ0) is 11.7. The highest BCUT2D eigenvalue weighted by molar-refractivity contribution is 5.87. The first-order valence-corrected chi connectivity index (χ1v) is 5.66. The van der Waals surface area contributed by atoms with E-state index in [1.807, 2.05) is 42.5 Å². The summed E-state index contributed by atoms with van der Waals surface area (Å²) in [5.41, 5.74) is 6.93. The quantitative estimate of drug-likeness (QED) is 0.717. The van der Waals surface area contributed by atoms with Crippen LogP contribution in [0, 0.1) is 0 Å². The van der Waals surface area contributed by atoms with Gasteiger partial charge in [0.05, 0.1) is 6.04 Å². The first-order chi connectivity index (χ1) is 8.40. The number of fused-ring (bicyclic) bond motifs is 4. The van der Waals surface area contributed by atoms with Crippen LogP contribution in [0.15, 0.2) is 60.2 Å². The summed E-state index contributed by atoms with van der Waals surface area (Å²) in [6.45, 7) is 0. The highest BCUT2D eigenvalue weighted by Gasteiger charge is 2.24. The van der Waals surface area contributed by atoms with E-state index in [1.165, 1.54) is 11.1 Å². The Balaban J connectivity index is 2.28. The zero-order valence-corrected chi connectivity index (χ0v) is 9.30. The molecular weight excluding hydrogens is 210 g/mol. The van der Waals surface area contributed by atoms with Gasteiger partial charge in [-0.05, 0) is 28.3 Å². The molecule has 2 aliphatic carbocycles. The normalized spacial score (nSPS) is 24.9. The number of hydroxylamine groups is 1. The molecule has 1 unspecified atom stereocenters. The molecule has 0 fully saturated rings. The van der Waals surface area contributed by atoms with Crippen molar-refractivity contribution in [3.8, 4) is 0 Å². The van der Waals surface area contributed by atoms with Crippen LogP contribution in [0.3, 0.4) is 0 Å². The second-order valence-electron chi connectivity index (χ2n) is 4.16. The molecule has 0 saturated heterocycles. The summed E-state index contributed by atoms with van der Waals surface area (Å²) in [5.74, 6) is 0. The van der Waals surface area contributed by atoms with E-state index in [-0.39, 0.29) is 6.04 Å². The molecule has 0 heterocycles. The van der Waals surface area contributed by atoms with Crippen LogP contribution in [0.4, 0.5) is 0 Å². The molecule has 2 aliphatic rings. The molecule has 2 nitrogen and oxygen atoms in total. The number of hydrogen-bond donors (Lipinski definition) is 2. The first-order valence-electron chi connectivity index (χ1n) is 5.66. The lowest BCUT2D eigenvalue weighted by molar-refractivity contribution is 0.159. The Bertz CT molecular complexity index is 564. The van der Waals surface area contributed by atoms with Crippen LogP contribution in [0.25, 0.3) is 11.6 Å². The van der Waals surface area contributed by atoms with E-state index in [1.54, 1.807) is 0 Å². The fraction of sp³-hybridized carbons (Fsp3) is 0.0667. The van der Waals surface area contributed by atoms with Crippen LogP contribution in [0.5, 0.6) is 0 Å². The van der Waals surface area contributed by atoms with Gasteiger partial charge in [-0.25, -0.2) is 0 Å². The van der Waals surface area contributed by atoms with Crippen molar-refractivity contribution in [2.45, 2.75) is 6.04 Å². The van der Waals surface area contributed by atoms with Crippen LogP contribution < -0.4 is 5.48 Å². The molecule has 0 spiro atoms. The van der Waals surface area contributed by atoms with E-state index in [0.29, 0.717) is 0 Å². The van der Waals surface area contributed by atoms with Gasteiger partial charge in [0.15, 0.2) is 0 Å². The van der Waals surface area contributed by atoms with Crippen molar-refractivity contribution >= 4 is 11.6 Å². The molecule has 2 bridgehead atoms. The first kappa shape index (κ1) is 10.3. The SMILES string of the molecule is ONC1C2=Cc3ccccc3C1=C/C=C\C=C/2. The average Bonchev–Trinajstić information content (AvgIpc) is 2.36. The third kappa shape index (κ3) is 1.68. The molecular formula is C15H13NO. The minimum Gasteiger partial charge on any atom is -0.316 e. The molecule has 0 saturated carbocycles. The van der Waals surface area contributed by atoms with Gasteiger partial charge in [0, 0.05) is 0 Å². The van der Waals surface area contributed by atoms with E-state index in [4.69, 9.17) is 0 Å². The second-order valence-corrected chi connectivity index (χ2v) is 4.16. The van der Waals surface area contributed by atoms with Crippen molar-refractivity contribution in [2.75, 3.05) is 0 Å². The zero-order valence-electron chi connectivity index (χ0n) is 9.30. The molecule has 0 radical (unpaired) electrons. The van der Waals surface area contributed by atoms with Crippen molar-refractivity contribution < 1.29 is 5.21 Å². The van der Waals surface area contributed by atoms with Crippen molar-refractivity contribution in [1.29, 1.82) is 0 Å². The molecule has 1 aromatic rings. The minimum atomic E-state index is -0.147. The van der Waals surface area contributed by atoms with Crippen LogP contribution >= 0.6 is 0 Å². The van der Waals surface area contributed by atoms with Crippen molar-refractivity contribution in [2.24, 2.45) is 0 Å². The summed E-state index contributed by atoms with van der Waals surface area (Å²) in [7, 11) is 0. The maximum Gasteiger partial charge on any atom is 0.0825 e. The molecule has 1 aromatic carbocycles.